The Bertz CT molecular complexity index is 1240. The summed E-state index contributed by atoms with van der Waals surface area (Å²) in [7, 11) is 0. The van der Waals surface area contributed by atoms with Gasteiger partial charge in [0, 0.05) is 5.56 Å². The molecule has 0 aliphatic rings. The first-order valence-corrected chi connectivity index (χ1v) is 9.45. The summed E-state index contributed by atoms with van der Waals surface area (Å²) in [5, 5.41) is 0.540. The molecule has 29 heavy (non-hydrogen) atoms. The first-order valence-electron chi connectivity index (χ1n) is 9.45. The molecular weight excluding hydrogens is 364 g/mol. The summed E-state index contributed by atoms with van der Waals surface area (Å²) >= 11 is 0. The number of fused-ring (bicyclic) bond motifs is 1. The lowest BCUT2D eigenvalue weighted by atomic mass is 10.1. The first-order chi connectivity index (χ1) is 14.1. The van der Waals surface area contributed by atoms with Crippen LogP contribution in [0.2, 0.25) is 0 Å². The molecule has 0 fully saturated rings. The Morgan fingerprint density at radius 3 is 2.34 bits per heavy atom. The highest BCUT2D eigenvalue weighted by molar-refractivity contribution is 5.89. The highest BCUT2D eigenvalue weighted by atomic mass is 16.5. The number of hydrogen-bond acceptors (Lipinski definition) is 4. The zero-order chi connectivity index (χ0) is 20.4. The van der Waals surface area contributed by atoms with E-state index in [1.807, 2.05) is 49.4 Å². The predicted molar refractivity (Wildman–Crippen MR) is 113 cm³/mol. The maximum Gasteiger partial charge on any atom is 0.338 e. The van der Waals surface area contributed by atoms with Crippen molar-refractivity contribution in [2.45, 2.75) is 13.8 Å². The Balaban J connectivity index is 1.93. The first kappa shape index (κ1) is 18.6. The smallest absolute Gasteiger partial charge is 0.338 e. The van der Waals surface area contributed by atoms with Gasteiger partial charge < -0.3 is 4.74 Å². The van der Waals surface area contributed by atoms with E-state index in [0.717, 1.165) is 11.1 Å². The fourth-order valence-corrected chi connectivity index (χ4v) is 3.23. The number of benzene rings is 3. The van der Waals surface area contributed by atoms with Crippen LogP contribution in [0.5, 0.6) is 0 Å². The number of carbonyl (C=O) groups excluding carboxylic acids is 1. The van der Waals surface area contributed by atoms with Gasteiger partial charge in [-0.3, -0.25) is 9.36 Å². The summed E-state index contributed by atoms with van der Waals surface area (Å²) in [4.78, 5) is 30.1. The van der Waals surface area contributed by atoms with Gasteiger partial charge in [0.1, 0.15) is 5.82 Å². The number of para-hydroxylation sites is 1. The van der Waals surface area contributed by atoms with Gasteiger partial charge in [-0.15, -0.1) is 0 Å². The molecule has 0 bridgehead atoms. The average molecular weight is 384 g/mol. The van der Waals surface area contributed by atoms with E-state index in [0.29, 0.717) is 34.6 Å². The molecule has 0 radical (unpaired) electrons. The predicted octanol–water partition coefficient (Wildman–Crippen LogP) is 4.54. The minimum Gasteiger partial charge on any atom is -0.462 e. The highest BCUT2D eigenvalue weighted by Gasteiger charge is 2.15. The van der Waals surface area contributed by atoms with Gasteiger partial charge in [-0.1, -0.05) is 42.0 Å². The average Bonchev–Trinajstić information content (AvgIpc) is 2.75. The van der Waals surface area contributed by atoms with E-state index in [4.69, 9.17) is 9.72 Å². The monoisotopic (exact) mass is 384 g/mol. The minimum atomic E-state index is -0.387. The van der Waals surface area contributed by atoms with Crippen LogP contribution in [0.15, 0.2) is 77.6 Å². The molecule has 3 aromatic carbocycles. The number of aromatic nitrogens is 2. The molecule has 0 spiro atoms. The van der Waals surface area contributed by atoms with Gasteiger partial charge in [0.2, 0.25) is 0 Å². The van der Waals surface area contributed by atoms with Gasteiger partial charge in [-0.25, -0.2) is 9.78 Å². The van der Waals surface area contributed by atoms with Gasteiger partial charge in [-0.05, 0) is 50.2 Å². The highest BCUT2D eigenvalue weighted by Crippen LogP contribution is 2.23. The fraction of sp³-hybridized carbons (Fsp3) is 0.125. The minimum absolute atomic E-state index is 0.157. The fourth-order valence-electron chi connectivity index (χ4n) is 3.23. The van der Waals surface area contributed by atoms with Crippen molar-refractivity contribution in [3.63, 3.8) is 0 Å². The molecule has 1 heterocycles. The molecule has 1 aromatic heterocycles. The van der Waals surface area contributed by atoms with E-state index in [1.165, 1.54) is 0 Å². The van der Waals surface area contributed by atoms with Crippen molar-refractivity contribution in [3.05, 3.63) is 94.3 Å². The van der Waals surface area contributed by atoms with Gasteiger partial charge in [-0.2, -0.15) is 0 Å². The quantitative estimate of drug-likeness (QED) is 0.485. The Kier molecular flexibility index (Phi) is 4.96. The normalized spacial score (nSPS) is 10.8. The van der Waals surface area contributed by atoms with E-state index in [1.54, 1.807) is 41.8 Å². The van der Waals surface area contributed by atoms with E-state index in [2.05, 4.69) is 0 Å². The molecule has 0 N–H and O–H groups in total. The number of carbonyl (C=O) groups is 1. The van der Waals surface area contributed by atoms with E-state index in [9.17, 15) is 9.59 Å². The molecule has 4 rings (SSSR count). The summed E-state index contributed by atoms with van der Waals surface area (Å²) in [5.74, 6) is 0.166. The van der Waals surface area contributed by atoms with Gasteiger partial charge in [0.05, 0.1) is 28.8 Å². The third kappa shape index (κ3) is 3.55. The molecule has 0 amide bonds. The number of rotatable bonds is 4. The molecule has 4 aromatic rings. The lowest BCUT2D eigenvalue weighted by Crippen LogP contribution is -2.22. The van der Waals surface area contributed by atoms with Crippen LogP contribution < -0.4 is 5.56 Å². The lowest BCUT2D eigenvalue weighted by Gasteiger charge is -2.14. The summed E-state index contributed by atoms with van der Waals surface area (Å²) in [5.41, 5.74) is 3.53. The van der Waals surface area contributed by atoms with Crippen LogP contribution in [0.3, 0.4) is 0 Å². The van der Waals surface area contributed by atoms with Crippen molar-refractivity contribution < 1.29 is 9.53 Å². The third-order valence-corrected chi connectivity index (χ3v) is 4.72. The molecule has 0 aliphatic carbocycles. The summed E-state index contributed by atoms with van der Waals surface area (Å²) < 4.78 is 6.62. The molecule has 0 atom stereocenters. The van der Waals surface area contributed by atoms with Gasteiger partial charge in [0.25, 0.3) is 5.56 Å². The van der Waals surface area contributed by atoms with Crippen LogP contribution in [0.4, 0.5) is 0 Å². The second kappa shape index (κ2) is 7.72. The molecule has 144 valence electrons. The van der Waals surface area contributed by atoms with Crippen LogP contribution >= 0.6 is 0 Å². The standard InChI is InChI=1S/C24H20N2O3/c1-3-29-24(28)18-12-14-19(15-13-18)26-22(17-10-8-16(2)9-11-17)25-21-7-5-4-6-20(21)23(26)27/h4-15H,3H2,1-2H3. The third-order valence-electron chi connectivity index (χ3n) is 4.72. The van der Waals surface area contributed by atoms with Gasteiger partial charge >= 0.3 is 5.97 Å². The topological polar surface area (TPSA) is 61.2 Å². The van der Waals surface area contributed by atoms with Crippen LogP contribution in [0.1, 0.15) is 22.8 Å². The van der Waals surface area contributed by atoms with Crippen LogP contribution in [-0.2, 0) is 4.74 Å². The maximum atomic E-state index is 13.3. The maximum absolute atomic E-state index is 13.3. The molecule has 0 aliphatic heterocycles. The largest absolute Gasteiger partial charge is 0.462 e. The summed E-state index contributed by atoms with van der Waals surface area (Å²) in [6.45, 7) is 4.09. The van der Waals surface area contributed by atoms with E-state index >= 15 is 0 Å². The Labute approximate surface area is 168 Å². The number of esters is 1. The molecule has 5 heteroatoms. The van der Waals surface area contributed by atoms with E-state index < -0.39 is 0 Å². The second-order valence-electron chi connectivity index (χ2n) is 6.73. The van der Waals surface area contributed by atoms with Crippen LogP contribution in [0.25, 0.3) is 28.0 Å². The van der Waals surface area contributed by atoms with Crippen molar-refractivity contribution in [3.8, 4) is 17.1 Å². The van der Waals surface area contributed by atoms with Crippen molar-refractivity contribution in [1.29, 1.82) is 0 Å². The number of hydrogen-bond donors (Lipinski definition) is 0. The zero-order valence-electron chi connectivity index (χ0n) is 16.3. The lowest BCUT2D eigenvalue weighted by molar-refractivity contribution is 0.0526. The molecule has 0 saturated carbocycles. The number of aryl methyl sites for hydroxylation is 1. The molecular formula is C24H20N2O3. The van der Waals surface area contributed by atoms with Gasteiger partial charge in [0.15, 0.2) is 0 Å². The number of ether oxygens (including phenoxy) is 1. The Morgan fingerprint density at radius 2 is 1.66 bits per heavy atom. The number of nitrogens with zero attached hydrogens (tertiary/aromatic N) is 2. The van der Waals surface area contributed by atoms with Crippen molar-refractivity contribution >= 4 is 16.9 Å². The van der Waals surface area contributed by atoms with Crippen molar-refractivity contribution in [2.24, 2.45) is 0 Å². The summed E-state index contributed by atoms with van der Waals surface area (Å²) in [6, 6.07) is 22.0. The SMILES string of the molecule is CCOC(=O)c1ccc(-n2c(-c3ccc(C)cc3)nc3ccccc3c2=O)cc1. The Hall–Kier alpha value is -3.73. The second-order valence-corrected chi connectivity index (χ2v) is 6.73. The van der Waals surface area contributed by atoms with Crippen LogP contribution in [-0.4, -0.2) is 22.1 Å². The molecule has 5 nitrogen and oxygen atoms in total. The molecule has 0 saturated heterocycles. The summed E-state index contributed by atoms with van der Waals surface area (Å²) in [6.07, 6.45) is 0. The van der Waals surface area contributed by atoms with E-state index in [-0.39, 0.29) is 11.5 Å². The van der Waals surface area contributed by atoms with Crippen molar-refractivity contribution in [2.75, 3.05) is 6.61 Å². The van der Waals surface area contributed by atoms with Crippen molar-refractivity contribution in [1.82, 2.24) is 9.55 Å². The zero-order valence-corrected chi connectivity index (χ0v) is 16.3. The molecule has 0 unspecified atom stereocenters. The Morgan fingerprint density at radius 1 is 0.966 bits per heavy atom. The van der Waals surface area contributed by atoms with Crippen LogP contribution in [0, 0.1) is 6.92 Å².